The molecule has 0 radical (unpaired) electrons. The van der Waals surface area contributed by atoms with E-state index in [1.165, 1.54) is 11.0 Å². The Morgan fingerprint density at radius 2 is 2.00 bits per heavy atom. The number of carboxylic acid groups (broad SMARTS) is 1. The number of hydrogen-bond acceptors (Lipinski definition) is 6. The third-order valence-electron chi connectivity index (χ3n) is 2.48. The summed E-state index contributed by atoms with van der Waals surface area (Å²) < 4.78 is 1.43. The quantitative estimate of drug-likeness (QED) is 0.628. The summed E-state index contributed by atoms with van der Waals surface area (Å²) in [6.07, 6.45) is -0.211. The van der Waals surface area contributed by atoms with Crippen LogP contribution < -0.4 is 5.32 Å². The maximum Gasteiger partial charge on any atom is 0.334 e. The maximum absolute atomic E-state index is 11.7. The number of nitrogens with one attached hydrogen (secondary N) is 1. The predicted octanol–water partition coefficient (Wildman–Crippen LogP) is -1.16. The minimum absolute atomic E-state index is 0.333. The largest absolute Gasteiger partial charge is 0.479 e. The van der Waals surface area contributed by atoms with Crippen LogP contribution in [-0.2, 0) is 4.79 Å². The number of aliphatic hydroxyl groups is 1. The molecule has 0 unspecified atom stereocenters. The summed E-state index contributed by atoms with van der Waals surface area (Å²) in [5.41, 5.74) is 1.01. The van der Waals surface area contributed by atoms with Gasteiger partial charge in [-0.3, -0.25) is 4.79 Å². The zero-order valence-corrected chi connectivity index (χ0v) is 10.2. The Bertz CT molecular complexity index is 596. The molecule has 1 aromatic heterocycles. The smallest absolute Gasteiger partial charge is 0.334 e. The Morgan fingerprint density at radius 1 is 1.30 bits per heavy atom. The van der Waals surface area contributed by atoms with Gasteiger partial charge in [0.2, 0.25) is 0 Å². The molecule has 0 saturated heterocycles. The van der Waals surface area contributed by atoms with Crippen LogP contribution in [0, 0.1) is 0 Å². The molecular weight excluding hydrogens is 266 g/mol. The molecule has 2 rings (SSSR count). The summed E-state index contributed by atoms with van der Waals surface area (Å²) in [7, 11) is 0. The van der Waals surface area contributed by atoms with Gasteiger partial charge in [-0.15, -0.1) is 5.10 Å². The van der Waals surface area contributed by atoms with E-state index in [0.717, 1.165) is 0 Å². The lowest BCUT2D eigenvalue weighted by molar-refractivity contribution is -0.146. The number of nitrogens with zero attached hydrogens (tertiary/aromatic N) is 4. The third kappa shape index (κ3) is 3.14. The first-order valence-corrected chi connectivity index (χ1v) is 5.60. The molecule has 0 spiro atoms. The number of carbonyl (C=O) groups excluding carboxylic acids is 1. The fourth-order valence-electron chi connectivity index (χ4n) is 1.42. The molecule has 0 aliphatic carbocycles. The van der Waals surface area contributed by atoms with Crippen molar-refractivity contribution >= 4 is 11.9 Å². The predicted molar refractivity (Wildman–Crippen MR) is 65.1 cm³/mol. The fourth-order valence-corrected chi connectivity index (χ4v) is 1.42. The van der Waals surface area contributed by atoms with Gasteiger partial charge in [-0.05, 0) is 34.7 Å². The van der Waals surface area contributed by atoms with E-state index in [-0.39, 0.29) is 6.54 Å². The van der Waals surface area contributed by atoms with Crippen molar-refractivity contribution in [2.45, 2.75) is 6.10 Å². The van der Waals surface area contributed by atoms with Gasteiger partial charge in [0, 0.05) is 5.56 Å². The number of hydrogen-bond donors (Lipinski definition) is 3. The van der Waals surface area contributed by atoms with Gasteiger partial charge < -0.3 is 15.5 Å². The first kappa shape index (κ1) is 13.6. The summed E-state index contributed by atoms with van der Waals surface area (Å²) in [6, 6.07) is 6.36. The van der Waals surface area contributed by atoms with Crippen LogP contribution in [0.4, 0.5) is 0 Å². The van der Waals surface area contributed by atoms with Gasteiger partial charge in [0.1, 0.15) is 6.33 Å². The topological polar surface area (TPSA) is 130 Å². The van der Waals surface area contributed by atoms with Crippen molar-refractivity contribution in [1.82, 2.24) is 25.5 Å². The zero-order valence-electron chi connectivity index (χ0n) is 10.2. The lowest BCUT2D eigenvalue weighted by Gasteiger charge is -2.08. The van der Waals surface area contributed by atoms with Gasteiger partial charge in [0.25, 0.3) is 5.91 Å². The van der Waals surface area contributed by atoms with Crippen LogP contribution in [0.2, 0.25) is 0 Å². The summed E-state index contributed by atoms with van der Waals surface area (Å²) in [5.74, 6) is -1.87. The zero-order chi connectivity index (χ0) is 14.5. The molecule has 9 heteroatoms. The molecule has 104 valence electrons. The first-order chi connectivity index (χ1) is 9.58. The fraction of sp³-hybridized carbons (Fsp3) is 0.182. The molecule has 1 aromatic carbocycles. The van der Waals surface area contributed by atoms with Gasteiger partial charge in [0.05, 0.1) is 12.2 Å². The number of benzene rings is 1. The molecule has 3 N–H and O–H groups in total. The number of aromatic nitrogens is 4. The van der Waals surface area contributed by atoms with Crippen molar-refractivity contribution in [2.75, 3.05) is 6.54 Å². The highest BCUT2D eigenvalue weighted by atomic mass is 16.4. The summed E-state index contributed by atoms with van der Waals surface area (Å²) in [4.78, 5) is 22.1. The van der Waals surface area contributed by atoms with Crippen molar-refractivity contribution in [3.63, 3.8) is 0 Å². The Kier molecular flexibility index (Phi) is 4.01. The Balaban J connectivity index is 1.99. The summed E-state index contributed by atoms with van der Waals surface area (Å²) >= 11 is 0. The second kappa shape index (κ2) is 5.89. The monoisotopic (exact) mass is 277 g/mol. The molecule has 20 heavy (non-hydrogen) atoms. The number of rotatable bonds is 5. The molecule has 0 bridgehead atoms. The summed E-state index contributed by atoms with van der Waals surface area (Å²) in [6.45, 7) is -0.358. The van der Waals surface area contributed by atoms with Crippen molar-refractivity contribution in [1.29, 1.82) is 0 Å². The average Bonchev–Trinajstić information content (AvgIpc) is 2.98. The molecule has 0 aliphatic heterocycles. The number of carbonyl (C=O) groups is 2. The van der Waals surface area contributed by atoms with Crippen molar-refractivity contribution in [2.24, 2.45) is 0 Å². The average molecular weight is 277 g/mol. The number of aliphatic hydroxyl groups excluding tert-OH is 1. The third-order valence-corrected chi connectivity index (χ3v) is 2.48. The van der Waals surface area contributed by atoms with E-state index in [0.29, 0.717) is 11.3 Å². The SMILES string of the molecule is O=C(NC[C@H](O)C(=O)O)c1ccc(-n2cnnn2)cc1. The van der Waals surface area contributed by atoms with E-state index in [4.69, 9.17) is 10.2 Å². The highest BCUT2D eigenvalue weighted by molar-refractivity contribution is 5.94. The van der Waals surface area contributed by atoms with E-state index < -0.39 is 18.0 Å². The molecule has 1 heterocycles. The van der Waals surface area contributed by atoms with Crippen LogP contribution in [0.1, 0.15) is 10.4 Å². The number of aliphatic carboxylic acids is 1. The second-order valence-corrected chi connectivity index (χ2v) is 3.87. The minimum atomic E-state index is -1.63. The molecule has 1 atom stereocenters. The maximum atomic E-state index is 11.7. The van der Waals surface area contributed by atoms with Gasteiger partial charge in [-0.1, -0.05) is 0 Å². The Morgan fingerprint density at radius 3 is 2.55 bits per heavy atom. The van der Waals surface area contributed by atoms with Gasteiger partial charge in [0.15, 0.2) is 6.10 Å². The molecule has 0 aliphatic rings. The van der Waals surface area contributed by atoms with E-state index in [1.807, 2.05) is 0 Å². The van der Waals surface area contributed by atoms with Crippen LogP contribution in [0.3, 0.4) is 0 Å². The van der Waals surface area contributed by atoms with Crippen LogP contribution >= 0.6 is 0 Å². The molecule has 2 aromatic rings. The normalized spacial score (nSPS) is 11.8. The van der Waals surface area contributed by atoms with Gasteiger partial charge >= 0.3 is 5.97 Å². The highest BCUT2D eigenvalue weighted by Gasteiger charge is 2.14. The van der Waals surface area contributed by atoms with Gasteiger partial charge in [-0.25, -0.2) is 9.48 Å². The van der Waals surface area contributed by atoms with Crippen LogP contribution in [0.5, 0.6) is 0 Å². The highest BCUT2D eigenvalue weighted by Crippen LogP contribution is 2.07. The van der Waals surface area contributed by atoms with E-state index in [2.05, 4.69) is 20.8 Å². The van der Waals surface area contributed by atoms with Gasteiger partial charge in [-0.2, -0.15) is 0 Å². The Hall–Kier alpha value is -2.81. The van der Waals surface area contributed by atoms with E-state index in [1.54, 1.807) is 24.3 Å². The Labute approximate surface area is 112 Å². The first-order valence-electron chi connectivity index (χ1n) is 5.60. The van der Waals surface area contributed by atoms with Crippen molar-refractivity contribution in [3.05, 3.63) is 36.2 Å². The lowest BCUT2D eigenvalue weighted by Crippen LogP contribution is -2.36. The number of carboxylic acids is 1. The van der Waals surface area contributed by atoms with Crippen LogP contribution in [-0.4, -0.2) is 54.9 Å². The molecule has 0 fully saturated rings. The lowest BCUT2D eigenvalue weighted by atomic mass is 10.2. The minimum Gasteiger partial charge on any atom is -0.479 e. The second-order valence-electron chi connectivity index (χ2n) is 3.87. The summed E-state index contributed by atoms with van der Waals surface area (Å²) in [5, 5.41) is 30.5. The standard InChI is InChI=1S/C11H11N5O4/c17-9(11(19)20)5-12-10(18)7-1-3-8(4-2-7)16-6-13-14-15-16/h1-4,6,9,17H,5H2,(H,12,18)(H,19,20)/t9-/m0/s1. The van der Waals surface area contributed by atoms with Crippen LogP contribution in [0.25, 0.3) is 5.69 Å². The van der Waals surface area contributed by atoms with E-state index in [9.17, 15) is 9.59 Å². The number of amides is 1. The van der Waals surface area contributed by atoms with Crippen LogP contribution in [0.15, 0.2) is 30.6 Å². The molecule has 9 nitrogen and oxygen atoms in total. The number of tetrazole rings is 1. The van der Waals surface area contributed by atoms with Crippen molar-refractivity contribution < 1.29 is 19.8 Å². The van der Waals surface area contributed by atoms with E-state index >= 15 is 0 Å². The van der Waals surface area contributed by atoms with Crippen molar-refractivity contribution in [3.8, 4) is 5.69 Å². The molecule has 0 saturated carbocycles. The molecular formula is C11H11N5O4. The molecule has 1 amide bonds.